The molecule has 0 aliphatic heterocycles. The molecule has 3 nitrogen and oxygen atoms in total. The Labute approximate surface area is 108 Å². The molecule has 0 aliphatic rings. The molecular formula is C15H20N2O. The number of aromatic nitrogens is 1. The molecule has 0 bridgehead atoms. The van der Waals surface area contributed by atoms with Gasteiger partial charge in [-0.05, 0) is 30.5 Å². The van der Waals surface area contributed by atoms with Gasteiger partial charge < -0.3 is 10.1 Å². The second-order valence-corrected chi connectivity index (χ2v) is 4.65. The Bertz CT molecular complexity index is 491. The molecular weight excluding hydrogens is 224 g/mol. The summed E-state index contributed by atoms with van der Waals surface area (Å²) in [6.07, 6.45) is 2.78. The molecule has 18 heavy (non-hydrogen) atoms. The van der Waals surface area contributed by atoms with E-state index in [4.69, 9.17) is 4.74 Å². The smallest absolute Gasteiger partial charge is 0.221 e. The molecule has 1 aromatic heterocycles. The number of benzene rings is 1. The SMILES string of the molecule is CC(C)NCCCOc1nccc2ccccc12. The highest BCUT2D eigenvalue weighted by atomic mass is 16.5. The van der Waals surface area contributed by atoms with Gasteiger partial charge in [0.05, 0.1) is 6.61 Å². The van der Waals surface area contributed by atoms with Crippen LogP contribution in [0.25, 0.3) is 10.8 Å². The third-order valence-corrected chi connectivity index (χ3v) is 2.75. The average molecular weight is 244 g/mol. The molecule has 96 valence electrons. The predicted molar refractivity (Wildman–Crippen MR) is 75.0 cm³/mol. The van der Waals surface area contributed by atoms with E-state index in [9.17, 15) is 0 Å². The standard InChI is InChI=1S/C15H20N2O/c1-12(2)16-9-5-11-18-15-14-7-4-3-6-13(14)8-10-17-15/h3-4,6-8,10,12,16H,5,9,11H2,1-2H3. The predicted octanol–water partition coefficient (Wildman–Crippen LogP) is 3.00. The fraction of sp³-hybridized carbons (Fsp3) is 0.400. The molecule has 0 atom stereocenters. The molecule has 0 radical (unpaired) electrons. The van der Waals surface area contributed by atoms with Crippen LogP contribution in [0.4, 0.5) is 0 Å². The van der Waals surface area contributed by atoms with Crippen molar-refractivity contribution < 1.29 is 4.74 Å². The fourth-order valence-corrected chi connectivity index (χ4v) is 1.84. The number of ether oxygens (including phenoxy) is 1. The summed E-state index contributed by atoms with van der Waals surface area (Å²) in [5.41, 5.74) is 0. The highest BCUT2D eigenvalue weighted by Crippen LogP contribution is 2.22. The summed E-state index contributed by atoms with van der Waals surface area (Å²) < 4.78 is 5.75. The summed E-state index contributed by atoms with van der Waals surface area (Å²) in [7, 11) is 0. The van der Waals surface area contributed by atoms with Crippen molar-refractivity contribution in [3.05, 3.63) is 36.5 Å². The lowest BCUT2D eigenvalue weighted by Gasteiger charge is -2.10. The largest absolute Gasteiger partial charge is 0.477 e. The zero-order valence-corrected chi connectivity index (χ0v) is 11.0. The zero-order chi connectivity index (χ0) is 12.8. The first-order valence-corrected chi connectivity index (χ1v) is 6.47. The lowest BCUT2D eigenvalue weighted by molar-refractivity contribution is 0.299. The van der Waals surface area contributed by atoms with Crippen LogP contribution in [0.3, 0.4) is 0 Å². The maximum Gasteiger partial charge on any atom is 0.221 e. The summed E-state index contributed by atoms with van der Waals surface area (Å²) in [5.74, 6) is 0.734. The molecule has 2 rings (SSSR count). The molecule has 0 saturated carbocycles. The molecule has 0 unspecified atom stereocenters. The number of nitrogens with zero attached hydrogens (tertiary/aromatic N) is 1. The lowest BCUT2D eigenvalue weighted by Crippen LogP contribution is -2.24. The second-order valence-electron chi connectivity index (χ2n) is 4.65. The zero-order valence-electron chi connectivity index (χ0n) is 11.0. The van der Waals surface area contributed by atoms with Gasteiger partial charge in [-0.1, -0.05) is 32.0 Å². The highest BCUT2D eigenvalue weighted by molar-refractivity contribution is 5.86. The fourth-order valence-electron chi connectivity index (χ4n) is 1.84. The van der Waals surface area contributed by atoms with Crippen LogP contribution in [0, 0.1) is 0 Å². The summed E-state index contributed by atoms with van der Waals surface area (Å²) in [5, 5.41) is 5.62. The minimum Gasteiger partial charge on any atom is -0.477 e. The molecule has 0 spiro atoms. The molecule has 0 aliphatic carbocycles. The number of fused-ring (bicyclic) bond motifs is 1. The monoisotopic (exact) mass is 244 g/mol. The van der Waals surface area contributed by atoms with Crippen molar-refractivity contribution >= 4 is 10.8 Å². The van der Waals surface area contributed by atoms with E-state index in [1.54, 1.807) is 6.20 Å². The molecule has 0 amide bonds. The van der Waals surface area contributed by atoms with Crippen LogP contribution < -0.4 is 10.1 Å². The van der Waals surface area contributed by atoms with E-state index in [1.807, 2.05) is 24.3 Å². The van der Waals surface area contributed by atoms with Crippen LogP contribution in [0.2, 0.25) is 0 Å². The van der Waals surface area contributed by atoms with Crippen LogP contribution in [-0.2, 0) is 0 Å². The Morgan fingerprint density at radius 1 is 1.22 bits per heavy atom. The van der Waals surface area contributed by atoms with Crippen LogP contribution >= 0.6 is 0 Å². The van der Waals surface area contributed by atoms with Gasteiger partial charge in [-0.15, -0.1) is 0 Å². The van der Waals surface area contributed by atoms with Gasteiger partial charge in [0.15, 0.2) is 0 Å². The molecule has 3 heteroatoms. The van der Waals surface area contributed by atoms with Crippen LogP contribution in [0.5, 0.6) is 5.88 Å². The van der Waals surface area contributed by atoms with Gasteiger partial charge in [-0.3, -0.25) is 0 Å². The van der Waals surface area contributed by atoms with Gasteiger partial charge in [0.25, 0.3) is 0 Å². The van der Waals surface area contributed by atoms with Gasteiger partial charge in [-0.2, -0.15) is 0 Å². The first-order valence-electron chi connectivity index (χ1n) is 6.47. The molecule has 0 saturated heterocycles. The number of rotatable bonds is 6. The van der Waals surface area contributed by atoms with E-state index in [-0.39, 0.29) is 0 Å². The topological polar surface area (TPSA) is 34.1 Å². The van der Waals surface area contributed by atoms with E-state index >= 15 is 0 Å². The van der Waals surface area contributed by atoms with Gasteiger partial charge in [0, 0.05) is 17.6 Å². The third-order valence-electron chi connectivity index (χ3n) is 2.75. The van der Waals surface area contributed by atoms with Gasteiger partial charge in [0.1, 0.15) is 0 Å². The van der Waals surface area contributed by atoms with Gasteiger partial charge in [0.2, 0.25) is 5.88 Å². The molecule has 1 N–H and O–H groups in total. The maximum atomic E-state index is 5.75. The van der Waals surface area contributed by atoms with E-state index in [0.717, 1.165) is 24.2 Å². The lowest BCUT2D eigenvalue weighted by atomic mass is 10.2. The van der Waals surface area contributed by atoms with E-state index in [2.05, 4.69) is 30.2 Å². The van der Waals surface area contributed by atoms with Crippen molar-refractivity contribution in [3.8, 4) is 5.88 Å². The Balaban J connectivity index is 1.91. The van der Waals surface area contributed by atoms with Gasteiger partial charge in [-0.25, -0.2) is 4.98 Å². The number of hydrogen-bond donors (Lipinski definition) is 1. The summed E-state index contributed by atoms with van der Waals surface area (Å²) in [6.45, 7) is 5.96. The molecule has 0 fully saturated rings. The molecule has 2 aromatic rings. The van der Waals surface area contributed by atoms with Crippen LogP contribution in [0.15, 0.2) is 36.5 Å². The van der Waals surface area contributed by atoms with E-state index in [1.165, 1.54) is 5.39 Å². The van der Waals surface area contributed by atoms with Crippen LogP contribution in [-0.4, -0.2) is 24.2 Å². The number of hydrogen-bond acceptors (Lipinski definition) is 3. The van der Waals surface area contributed by atoms with Crippen molar-refractivity contribution in [3.63, 3.8) is 0 Å². The minimum absolute atomic E-state index is 0.528. The average Bonchev–Trinajstić information content (AvgIpc) is 2.38. The Kier molecular flexibility index (Phi) is 4.53. The third kappa shape index (κ3) is 3.44. The van der Waals surface area contributed by atoms with Gasteiger partial charge >= 0.3 is 0 Å². The van der Waals surface area contributed by atoms with Crippen molar-refractivity contribution in [1.29, 1.82) is 0 Å². The number of pyridine rings is 1. The Morgan fingerprint density at radius 3 is 2.89 bits per heavy atom. The van der Waals surface area contributed by atoms with Crippen molar-refractivity contribution in [1.82, 2.24) is 10.3 Å². The minimum atomic E-state index is 0.528. The van der Waals surface area contributed by atoms with Crippen molar-refractivity contribution in [2.24, 2.45) is 0 Å². The summed E-state index contributed by atoms with van der Waals surface area (Å²) >= 11 is 0. The van der Waals surface area contributed by atoms with E-state index < -0.39 is 0 Å². The molecule has 1 aromatic carbocycles. The normalized spacial score (nSPS) is 11.1. The second kappa shape index (κ2) is 6.36. The Morgan fingerprint density at radius 2 is 2.06 bits per heavy atom. The van der Waals surface area contributed by atoms with Crippen LogP contribution in [0.1, 0.15) is 20.3 Å². The Hall–Kier alpha value is -1.61. The van der Waals surface area contributed by atoms with Crippen molar-refractivity contribution in [2.75, 3.05) is 13.2 Å². The summed E-state index contributed by atoms with van der Waals surface area (Å²) in [4.78, 5) is 4.30. The molecule has 1 heterocycles. The maximum absolute atomic E-state index is 5.75. The first-order chi connectivity index (χ1) is 8.77. The highest BCUT2D eigenvalue weighted by Gasteiger charge is 2.02. The first kappa shape index (κ1) is 12.8. The van der Waals surface area contributed by atoms with E-state index in [0.29, 0.717) is 12.6 Å². The van der Waals surface area contributed by atoms with Crippen molar-refractivity contribution in [2.45, 2.75) is 26.3 Å². The quantitative estimate of drug-likeness (QED) is 0.793. The number of nitrogens with one attached hydrogen (secondary N) is 1. The summed E-state index contributed by atoms with van der Waals surface area (Å²) in [6, 6.07) is 10.7.